The fourth-order valence-corrected chi connectivity index (χ4v) is 4.34. The molecule has 1 aliphatic rings. The molecule has 0 aliphatic heterocycles. The Labute approximate surface area is 123 Å². The van der Waals surface area contributed by atoms with Crippen molar-refractivity contribution >= 4 is 28.4 Å². The lowest BCUT2D eigenvalue weighted by Gasteiger charge is -2.18. The zero-order valence-electron chi connectivity index (χ0n) is 11.7. The number of aromatic nitrogens is 1. The van der Waals surface area contributed by atoms with E-state index in [1.54, 1.807) is 0 Å². The van der Waals surface area contributed by atoms with E-state index in [2.05, 4.69) is 6.92 Å². The molecule has 0 saturated heterocycles. The molecule has 0 spiro atoms. The minimum atomic E-state index is 0.0627. The summed E-state index contributed by atoms with van der Waals surface area (Å²) in [4.78, 5) is 12.7. The van der Waals surface area contributed by atoms with Crippen LogP contribution in [0.1, 0.15) is 32.2 Å². The summed E-state index contributed by atoms with van der Waals surface area (Å²) in [6.07, 6.45) is 3.29. The molecule has 1 aliphatic carbocycles. The lowest BCUT2D eigenvalue weighted by Crippen LogP contribution is -2.26. The molecule has 0 radical (unpaired) electrons. The third kappa shape index (κ3) is 2.33. The molecule has 1 aromatic carbocycles. The van der Waals surface area contributed by atoms with Gasteiger partial charge < -0.3 is 5.73 Å². The molecule has 2 N–H and O–H groups in total. The first-order valence-corrected chi connectivity index (χ1v) is 8.27. The van der Waals surface area contributed by atoms with E-state index in [9.17, 15) is 4.79 Å². The number of pyridine rings is 1. The summed E-state index contributed by atoms with van der Waals surface area (Å²) in [7, 11) is 0. The van der Waals surface area contributed by atoms with Crippen LogP contribution in [0.25, 0.3) is 10.8 Å². The Balaban J connectivity index is 2.02. The van der Waals surface area contributed by atoms with Gasteiger partial charge in [-0.3, -0.25) is 9.36 Å². The highest BCUT2D eigenvalue weighted by Gasteiger charge is 2.27. The van der Waals surface area contributed by atoms with Crippen LogP contribution in [0, 0.1) is 0 Å². The van der Waals surface area contributed by atoms with Crippen LogP contribution in [-0.2, 0) is 0 Å². The Hall–Kier alpha value is -1.42. The number of rotatable bonds is 3. The van der Waals surface area contributed by atoms with Crippen LogP contribution in [0.5, 0.6) is 0 Å². The Morgan fingerprint density at radius 3 is 2.95 bits per heavy atom. The first-order valence-electron chi connectivity index (χ1n) is 7.22. The van der Waals surface area contributed by atoms with Crippen LogP contribution in [0.2, 0.25) is 0 Å². The van der Waals surface area contributed by atoms with Crippen LogP contribution < -0.4 is 11.3 Å². The van der Waals surface area contributed by atoms with Gasteiger partial charge in [0.2, 0.25) is 0 Å². The fraction of sp³-hybridized carbons (Fsp3) is 0.438. The van der Waals surface area contributed by atoms with Gasteiger partial charge in [0, 0.05) is 16.7 Å². The number of anilines is 1. The van der Waals surface area contributed by atoms with Crippen molar-refractivity contribution in [3.8, 4) is 0 Å². The number of nitrogens with zero attached hydrogens (tertiary/aromatic N) is 1. The molecule has 1 heterocycles. The van der Waals surface area contributed by atoms with Gasteiger partial charge >= 0.3 is 0 Å². The van der Waals surface area contributed by atoms with Crippen LogP contribution in [-0.4, -0.2) is 15.6 Å². The van der Waals surface area contributed by atoms with E-state index in [0.29, 0.717) is 11.1 Å². The predicted molar refractivity (Wildman–Crippen MR) is 87.4 cm³/mol. The molecule has 0 bridgehead atoms. The molecule has 2 aromatic rings. The molecule has 3 rings (SSSR count). The third-order valence-electron chi connectivity index (χ3n) is 4.12. The van der Waals surface area contributed by atoms with Crippen molar-refractivity contribution in [3.63, 3.8) is 0 Å². The summed E-state index contributed by atoms with van der Waals surface area (Å²) >= 11 is 2.00. The fourth-order valence-electron chi connectivity index (χ4n) is 3.21. The first-order chi connectivity index (χ1) is 9.70. The van der Waals surface area contributed by atoms with Crippen molar-refractivity contribution in [1.29, 1.82) is 0 Å². The molecule has 3 nitrogen and oxygen atoms in total. The first kappa shape index (κ1) is 13.6. The molecule has 1 aromatic heterocycles. The summed E-state index contributed by atoms with van der Waals surface area (Å²) in [6.45, 7) is 2.19. The number of hydrogen-bond acceptors (Lipinski definition) is 3. The number of fused-ring (bicyclic) bond motifs is 1. The van der Waals surface area contributed by atoms with Gasteiger partial charge in [-0.1, -0.05) is 25.1 Å². The summed E-state index contributed by atoms with van der Waals surface area (Å²) in [5.74, 6) is 1.74. The van der Waals surface area contributed by atoms with Gasteiger partial charge in [0.25, 0.3) is 5.56 Å². The molecule has 2 unspecified atom stereocenters. The average molecular weight is 288 g/mol. The second-order valence-corrected chi connectivity index (χ2v) is 6.95. The summed E-state index contributed by atoms with van der Waals surface area (Å²) < 4.78 is 1.82. The summed E-state index contributed by atoms with van der Waals surface area (Å²) in [5.41, 5.74) is 6.21. The SMILES string of the molecule is CCSC1CCC(n2c(N)cc3ccccc3c2=O)C1. The molecule has 2 atom stereocenters. The van der Waals surface area contributed by atoms with Crippen molar-refractivity contribution < 1.29 is 0 Å². The normalized spacial score (nSPS) is 22.4. The Bertz CT molecular complexity index is 680. The van der Waals surface area contributed by atoms with E-state index in [1.165, 1.54) is 6.42 Å². The molecule has 106 valence electrons. The topological polar surface area (TPSA) is 48.0 Å². The Kier molecular flexibility index (Phi) is 3.74. The highest BCUT2D eigenvalue weighted by atomic mass is 32.2. The van der Waals surface area contributed by atoms with Crippen LogP contribution >= 0.6 is 11.8 Å². The summed E-state index contributed by atoms with van der Waals surface area (Å²) in [6, 6.07) is 9.87. The maximum atomic E-state index is 12.7. The lowest BCUT2D eigenvalue weighted by atomic mass is 10.1. The molecular formula is C16H20N2OS. The zero-order valence-corrected chi connectivity index (χ0v) is 12.5. The third-order valence-corrected chi connectivity index (χ3v) is 5.35. The number of benzene rings is 1. The number of hydrogen-bond donors (Lipinski definition) is 1. The lowest BCUT2D eigenvalue weighted by molar-refractivity contribution is 0.513. The molecule has 1 fully saturated rings. The van der Waals surface area contributed by atoms with E-state index in [1.807, 2.05) is 46.7 Å². The molecule has 1 saturated carbocycles. The van der Waals surface area contributed by atoms with Gasteiger partial charge in [0.05, 0.1) is 0 Å². The molecular weight excluding hydrogens is 268 g/mol. The average Bonchev–Trinajstić information content (AvgIpc) is 2.87. The number of thioether (sulfide) groups is 1. The van der Waals surface area contributed by atoms with E-state index in [4.69, 9.17) is 5.73 Å². The van der Waals surface area contributed by atoms with Gasteiger partial charge in [0.15, 0.2) is 0 Å². The van der Waals surface area contributed by atoms with Gasteiger partial charge in [-0.05, 0) is 42.5 Å². The van der Waals surface area contributed by atoms with Crippen LogP contribution in [0.4, 0.5) is 5.82 Å². The highest BCUT2D eigenvalue weighted by Crippen LogP contribution is 2.37. The molecule has 0 amide bonds. The highest BCUT2D eigenvalue weighted by molar-refractivity contribution is 7.99. The second kappa shape index (κ2) is 5.52. The van der Waals surface area contributed by atoms with E-state index in [0.717, 1.165) is 29.4 Å². The molecule has 20 heavy (non-hydrogen) atoms. The maximum Gasteiger partial charge on any atom is 0.260 e. The van der Waals surface area contributed by atoms with E-state index in [-0.39, 0.29) is 11.6 Å². The van der Waals surface area contributed by atoms with Gasteiger partial charge in [-0.2, -0.15) is 11.8 Å². The Morgan fingerprint density at radius 1 is 1.35 bits per heavy atom. The van der Waals surface area contributed by atoms with Crippen molar-refractivity contribution in [2.24, 2.45) is 0 Å². The Morgan fingerprint density at radius 2 is 2.15 bits per heavy atom. The number of nitrogens with two attached hydrogens (primary N) is 1. The van der Waals surface area contributed by atoms with Crippen molar-refractivity contribution in [3.05, 3.63) is 40.7 Å². The minimum absolute atomic E-state index is 0.0627. The number of nitrogen functional groups attached to an aromatic ring is 1. The summed E-state index contributed by atoms with van der Waals surface area (Å²) in [5, 5.41) is 2.37. The van der Waals surface area contributed by atoms with Crippen molar-refractivity contribution in [1.82, 2.24) is 4.57 Å². The quantitative estimate of drug-likeness (QED) is 0.941. The van der Waals surface area contributed by atoms with Gasteiger partial charge in [-0.25, -0.2) is 0 Å². The van der Waals surface area contributed by atoms with E-state index >= 15 is 0 Å². The molecule has 4 heteroatoms. The predicted octanol–water partition coefficient (Wildman–Crippen LogP) is 3.43. The largest absolute Gasteiger partial charge is 0.385 e. The van der Waals surface area contributed by atoms with Crippen LogP contribution in [0.3, 0.4) is 0 Å². The van der Waals surface area contributed by atoms with Crippen LogP contribution in [0.15, 0.2) is 35.1 Å². The smallest absolute Gasteiger partial charge is 0.260 e. The zero-order chi connectivity index (χ0) is 14.1. The van der Waals surface area contributed by atoms with Gasteiger partial charge in [0.1, 0.15) is 5.82 Å². The van der Waals surface area contributed by atoms with Crippen molar-refractivity contribution in [2.45, 2.75) is 37.5 Å². The van der Waals surface area contributed by atoms with E-state index < -0.39 is 0 Å². The standard InChI is InChI=1S/C16H20N2OS/c1-2-20-13-8-7-12(10-13)18-15(17)9-11-5-3-4-6-14(11)16(18)19/h3-6,9,12-13H,2,7-8,10,17H2,1H3. The van der Waals surface area contributed by atoms with Crippen molar-refractivity contribution in [2.75, 3.05) is 11.5 Å². The second-order valence-electron chi connectivity index (χ2n) is 5.38. The van der Waals surface area contributed by atoms with Gasteiger partial charge in [-0.15, -0.1) is 0 Å². The maximum absolute atomic E-state index is 12.7. The minimum Gasteiger partial charge on any atom is -0.385 e. The monoisotopic (exact) mass is 288 g/mol.